The molecule has 0 atom stereocenters. The molecule has 0 saturated heterocycles. The maximum absolute atomic E-state index is 12.9. The van der Waals surface area contributed by atoms with Crippen LogP contribution in [0.3, 0.4) is 0 Å². The molecule has 0 unspecified atom stereocenters. The summed E-state index contributed by atoms with van der Waals surface area (Å²) >= 11 is 11.5. The summed E-state index contributed by atoms with van der Waals surface area (Å²) in [4.78, 5) is 6.74. The molecule has 3 nitrogen and oxygen atoms in total. The van der Waals surface area contributed by atoms with Gasteiger partial charge in [-0.05, 0) is 36.4 Å². The molecule has 3 rings (SSSR count). The third kappa shape index (κ3) is 3.20. The van der Waals surface area contributed by atoms with Gasteiger partial charge >= 0.3 is 6.18 Å². The average molecular weight is 373 g/mol. The quantitative estimate of drug-likeness (QED) is 0.536. The van der Waals surface area contributed by atoms with E-state index in [1.54, 1.807) is 18.2 Å². The van der Waals surface area contributed by atoms with Gasteiger partial charge in [0.2, 0.25) is 0 Å². The van der Waals surface area contributed by atoms with E-state index in [1.165, 1.54) is 12.3 Å². The van der Waals surface area contributed by atoms with Gasteiger partial charge in [-0.2, -0.15) is 13.2 Å². The number of aromatic nitrogens is 1. The van der Waals surface area contributed by atoms with Gasteiger partial charge in [0.05, 0.1) is 21.8 Å². The highest BCUT2D eigenvalue weighted by atomic mass is 35.5. The number of nitrogens with zero attached hydrogens (tertiary/aromatic N) is 1. The molecule has 24 heavy (non-hydrogen) atoms. The molecular weight excluding hydrogens is 364 g/mol. The topological polar surface area (TPSA) is 48.4 Å². The van der Waals surface area contributed by atoms with Crippen LogP contribution in [0.2, 0.25) is 10.0 Å². The summed E-state index contributed by atoms with van der Waals surface area (Å²) in [6, 6.07) is 8.28. The van der Waals surface area contributed by atoms with Crippen LogP contribution in [0, 0.1) is 0 Å². The van der Waals surface area contributed by atoms with Crippen molar-refractivity contribution in [2.45, 2.75) is 6.18 Å². The van der Waals surface area contributed by atoms with Gasteiger partial charge in [-0.1, -0.05) is 23.2 Å². The molecule has 8 heteroatoms. The van der Waals surface area contributed by atoms with E-state index in [1.807, 2.05) is 0 Å². The van der Waals surface area contributed by atoms with E-state index in [9.17, 15) is 18.3 Å². The Morgan fingerprint density at radius 2 is 1.83 bits per heavy atom. The maximum Gasteiger partial charge on any atom is 0.417 e. The molecule has 1 aromatic heterocycles. The van der Waals surface area contributed by atoms with Crippen molar-refractivity contribution in [3.05, 3.63) is 57.6 Å². The van der Waals surface area contributed by atoms with Crippen molar-refractivity contribution in [3.63, 3.8) is 0 Å². The van der Waals surface area contributed by atoms with Crippen LogP contribution in [0.5, 0.6) is 5.88 Å². The number of nitrogens with one attached hydrogen (secondary N) is 1. The number of rotatable bonds is 2. The number of aromatic amines is 1. The van der Waals surface area contributed by atoms with E-state index in [4.69, 9.17) is 23.2 Å². The SMILES string of the molecule is Oc1[nH]c2ccc(Cl)cc2c1C=Nc1ccc(Cl)c(C(F)(F)F)c1. The average Bonchev–Trinajstić information content (AvgIpc) is 2.80. The zero-order chi connectivity index (χ0) is 17.5. The van der Waals surface area contributed by atoms with Crippen LogP contribution < -0.4 is 0 Å². The van der Waals surface area contributed by atoms with Gasteiger partial charge in [-0.15, -0.1) is 0 Å². The lowest BCUT2D eigenvalue weighted by Gasteiger charge is -2.09. The first-order valence-electron chi connectivity index (χ1n) is 6.67. The molecule has 124 valence electrons. The summed E-state index contributed by atoms with van der Waals surface area (Å²) in [5, 5.41) is 10.6. The zero-order valence-electron chi connectivity index (χ0n) is 11.8. The molecule has 0 spiro atoms. The molecule has 3 aromatic rings. The third-order valence-corrected chi connectivity index (χ3v) is 3.94. The molecule has 0 aliphatic rings. The highest BCUT2D eigenvalue weighted by Gasteiger charge is 2.33. The number of H-pyrrole nitrogens is 1. The molecule has 2 N–H and O–H groups in total. The molecule has 2 aromatic carbocycles. The van der Waals surface area contributed by atoms with Crippen LogP contribution in [0.25, 0.3) is 10.9 Å². The number of hydrogen-bond acceptors (Lipinski definition) is 2. The van der Waals surface area contributed by atoms with Crippen LogP contribution in [0.4, 0.5) is 18.9 Å². The lowest BCUT2D eigenvalue weighted by molar-refractivity contribution is -0.137. The van der Waals surface area contributed by atoms with Crippen molar-refractivity contribution < 1.29 is 18.3 Å². The maximum atomic E-state index is 12.9. The molecule has 0 radical (unpaired) electrons. The summed E-state index contributed by atoms with van der Waals surface area (Å²) in [5.74, 6) is -0.152. The van der Waals surface area contributed by atoms with E-state index in [0.29, 0.717) is 21.5 Å². The van der Waals surface area contributed by atoms with E-state index in [2.05, 4.69) is 9.98 Å². The number of benzene rings is 2. The number of alkyl halides is 3. The largest absolute Gasteiger partial charge is 0.494 e. The van der Waals surface area contributed by atoms with E-state index in [0.717, 1.165) is 12.1 Å². The number of aliphatic imine (C=N–C) groups is 1. The second kappa shape index (κ2) is 6.03. The molecule has 0 aliphatic carbocycles. The summed E-state index contributed by atoms with van der Waals surface area (Å²) in [7, 11) is 0. The second-order valence-electron chi connectivity index (χ2n) is 5.00. The fraction of sp³-hybridized carbons (Fsp3) is 0.0625. The van der Waals surface area contributed by atoms with E-state index < -0.39 is 16.8 Å². The molecule has 0 saturated carbocycles. The van der Waals surface area contributed by atoms with Gasteiger partial charge in [0.25, 0.3) is 0 Å². The number of fused-ring (bicyclic) bond motifs is 1. The van der Waals surface area contributed by atoms with E-state index >= 15 is 0 Å². The Kier molecular flexibility index (Phi) is 4.19. The Morgan fingerprint density at radius 1 is 1.08 bits per heavy atom. The zero-order valence-corrected chi connectivity index (χ0v) is 13.3. The lowest BCUT2D eigenvalue weighted by Crippen LogP contribution is -2.05. The Morgan fingerprint density at radius 3 is 2.54 bits per heavy atom. The summed E-state index contributed by atoms with van der Waals surface area (Å²) in [6.45, 7) is 0. The van der Waals surface area contributed by atoms with Crippen LogP contribution in [0.15, 0.2) is 41.4 Å². The summed E-state index contributed by atoms with van der Waals surface area (Å²) in [5.41, 5.74) is 0.0500. The third-order valence-electron chi connectivity index (χ3n) is 3.38. The normalized spacial score (nSPS) is 12.4. The Bertz CT molecular complexity index is 948. The predicted molar refractivity (Wildman–Crippen MR) is 88.7 cm³/mol. The fourth-order valence-electron chi connectivity index (χ4n) is 2.25. The van der Waals surface area contributed by atoms with Gasteiger partial charge < -0.3 is 10.1 Å². The van der Waals surface area contributed by atoms with Gasteiger partial charge in [0.1, 0.15) is 0 Å². The standard InChI is InChI=1S/C16H9Cl2F3N2O/c17-8-1-4-14-10(5-8)11(15(24)23-14)7-22-9-2-3-13(18)12(6-9)16(19,20)21/h1-7,23-24H. The van der Waals surface area contributed by atoms with Crippen LogP contribution in [0.1, 0.15) is 11.1 Å². The Balaban J connectivity index is 2.03. The van der Waals surface area contributed by atoms with E-state index in [-0.39, 0.29) is 11.6 Å². The number of hydrogen-bond donors (Lipinski definition) is 2. The first kappa shape index (κ1) is 16.7. The first-order chi connectivity index (χ1) is 11.3. The molecular formula is C16H9Cl2F3N2O. The highest BCUT2D eigenvalue weighted by Crippen LogP contribution is 2.37. The first-order valence-corrected chi connectivity index (χ1v) is 7.42. The van der Waals surface area contributed by atoms with Crippen molar-refractivity contribution in [1.82, 2.24) is 4.98 Å². The minimum absolute atomic E-state index is 0.0579. The van der Waals surface area contributed by atoms with Crippen molar-refractivity contribution in [2.75, 3.05) is 0 Å². The van der Waals surface area contributed by atoms with Gasteiger partial charge in [0, 0.05) is 22.1 Å². The minimum Gasteiger partial charge on any atom is -0.494 e. The van der Waals surface area contributed by atoms with Crippen molar-refractivity contribution in [2.24, 2.45) is 4.99 Å². The van der Waals surface area contributed by atoms with Crippen molar-refractivity contribution in [3.8, 4) is 5.88 Å². The lowest BCUT2D eigenvalue weighted by atomic mass is 10.1. The molecule has 0 amide bonds. The Hall–Kier alpha value is -2.18. The van der Waals surface area contributed by atoms with Gasteiger partial charge in [0.15, 0.2) is 5.88 Å². The van der Waals surface area contributed by atoms with Crippen molar-refractivity contribution in [1.29, 1.82) is 0 Å². The summed E-state index contributed by atoms with van der Waals surface area (Å²) in [6.07, 6.45) is -3.30. The van der Waals surface area contributed by atoms with Gasteiger partial charge in [-0.3, -0.25) is 4.99 Å². The molecule has 0 fully saturated rings. The highest BCUT2D eigenvalue weighted by molar-refractivity contribution is 6.32. The van der Waals surface area contributed by atoms with Crippen LogP contribution in [-0.2, 0) is 6.18 Å². The smallest absolute Gasteiger partial charge is 0.417 e. The molecule has 0 aliphatic heterocycles. The second-order valence-corrected chi connectivity index (χ2v) is 5.84. The predicted octanol–water partition coefficient (Wildman–Crippen LogP) is 5.95. The van der Waals surface area contributed by atoms with Crippen LogP contribution >= 0.6 is 23.2 Å². The van der Waals surface area contributed by atoms with Gasteiger partial charge in [-0.25, -0.2) is 0 Å². The monoisotopic (exact) mass is 372 g/mol. The van der Waals surface area contributed by atoms with Crippen LogP contribution in [-0.4, -0.2) is 16.3 Å². The molecule has 1 heterocycles. The minimum atomic E-state index is -4.57. The number of aromatic hydroxyl groups is 1. The summed E-state index contributed by atoms with van der Waals surface area (Å²) < 4.78 is 38.6. The molecule has 0 bridgehead atoms. The Labute approximate surface area is 144 Å². The van der Waals surface area contributed by atoms with Crippen molar-refractivity contribution >= 4 is 46.0 Å². The number of halogens is 5. The fourth-order valence-corrected chi connectivity index (χ4v) is 2.65.